The minimum Gasteiger partial charge on any atom is -0.399 e. The van der Waals surface area contributed by atoms with E-state index in [1.807, 2.05) is 39.8 Å². The third kappa shape index (κ3) is 2.71. The Kier molecular flexibility index (Phi) is 3.78. The molecular formula is C14H19BClNO2. The topological polar surface area (TPSA) is 31.4 Å². The fourth-order valence-electron chi connectivity index (χ4n) is 1.91. The molecule has 1 aromatic rings. The Morgan fingerprint density at radius 2 is 1.89 bits per heavy atom. The Balaban J connectivity index is 2.33. The highest BCUT2D eigenvalue weighted by molar-refractivity contribution is 6.65. The van der Waals surface area contributed by atoms with Gasteiger partial charge in [0.2, 0.25) is 0 Å². The Bertz CT molecular complexity index is 486. The van der Waals surface area contributed by atoms with Crippen molar-refractivity contribution in [2.75, 3.05) is 0 Å². The summed E-state index contributed by atoms with van der Waals surface area (Å²) in [6, 6.07) is 1.92. The third-order valence-electron chi connectivity index (χ3n) is 3.80. The summed E-state index contributed by atoms with van der Waals surface area (Å²) in [4.78, 5) is 4.26. The minimum absolute atomic E-state index is 0.372. The fourth-order valence-corrected chi connectivity index (χ4v) is 2.10. The molecule has 2 heterocycles. The van der Waals surface area contributed by atoms with Gasteiger partial charge in [0.1, 0.15) is 0 Å². The Labute approximate surface area is 120 Å². The maximum Gasteiger partial charge on any atom is 0.496 e. The van der Waals surface area contributed by atoms with Gasteiger partial charge in [-0.2, -0.15) is 0 Å². The van der Waals surface area contributed by atoms with Gasteiger partial charge in [-0.15, -0.1) is 6.58 Å². The summed E-state index contributed by atoms with van der Waals surface area (Å²) in [5.41, 5.74) is 0.988. The van der Waals surface area contributed by atoms with Gasteiger partial charge in [0, 0.05) is 23.8 Å². The molecule has 1 aliphatic rings. The van der Waals surface area contributed by atoms with Gasteiger partial charge in [0.25, 0.3) is 0 Å². The van der Waals surface area contributed by atoms with Crippen LogP contribution in [-0.4, -0.2) is 23.3 Å². The van der Waals surface area contributed by atoms with E-state index < -0.39 is 7.12 Å². The molecule has 0 N–H and O–H groups in total. The van der Waals surface area contributed by atoms with E-state index in [1.54, 1.807) is 6.20 Å². The molecule has 0 unspecified atom stereocenters. The second kappa shape index (κ2) is 4.93. The average Bonchev–Trinajstić information content (AvgIpc) is 2.51. The van der Waals surface area contributed by atoms with Crippen LogP contribution >= 0.6 is 11.6 Å². The number of allylic oxidation sites excluding steroid dienone is 1. The van der Waals surface area contributed by atoms with Crippen LogP contribution in [0.1, 0.15) is 33.4 Å². The van der Waals surface area contributed by atoms with Gasteiger partial charge in [-0.1, -0.05) is 17.7 Å². The van der Waals surface area contributed by atoms with Gasteiger partial charge >= 0.3 is 7.12 Å². The monoisotopic (exact) mass is 279 g/mol. The van der Waals surface area contributed by atoms with E-state index in [0.717, 1.165) is 11.2 Å². The van der Waals surface area contributed by atoms with Crippen molar-refractivity contribution >= 4 is 24.2 Å². The molecule has 0 spiro atoms. The Hall–Kier alpha value is -0.835. The first-order chi connectivity index (χ1) is 8.77. The van der Waals surface area contributed by atoms with Crippen LogP contribution in [0.4, 0.5) is 0 Å². The molecule has 1 aliphatic heterocycles. The van der Waals surface area contributed by atoms with E-state index in [0.29, 0.717) is 11.4 Å². The summed E-state index contributed by atoms with van der Waals surface area (Å²) in [5.74, 6) is 0. The van der Waals surface area contributed by atoms with Crippen molar-refractivity contribution in [3.8, 4) is 0 Å². The van der Waals surface area contributed by atoms with Gasteiger partial charge in [0.05, 0.1) is 16.2 Å². The number of hydrogen-bond donors (Lipinski definition) is 0. The van der Waals surface area contributed by atoms with Gasteiger partial charge in [-0.05, 0) is 33.8 Å². The SMILES string of the molecule is C=CCc1cc(B2OC(C)(C)C(C)(C)O2)c(Cl)cn1. The minimum atomic E-state index is -0.455. The molecule has 0 bridgehead atoms. The first-order valence-corrected chi connectivity index (χ1v) is 6.75. The van der Waals surface area contributed by atoms with Crippen LogP contribution in [0.2, 0.25) is 5.02 Å². The van der Waals surface area contributed by atoms with E-state index >= 15 is 0 Å². The molecule has 0 atom stereocenters. The predicted molar refractivity (Wildman–Crippen MR) is 78.9 cm³/mol. The van der Waals surface area contributed by atoms with Crippen LogP contribution in [0.5, 0.6) is 0 Å². The Morgan fingerprint density at radius 3 is 2.42 bits per heavy atom. The van der Waals surface area contributed by atoms with Gasteiger partial charge in [0.15, 0.2) is 0 Å². The second-order valence-corrected chi connectivity index (χ2v) is 6.19. The smallest absolute Gasteiger partial charge is 0.399 e. The maximum absolute atomic E-state index is 6.21. The number of halogens is 1. The van der Waals surface area contributed by atoms with Crippen LogP contribution in [0.15, 0.2) is 24.9 Å². The molecular weight excluding hydrogens is 260 g/mol. The number of hydrogen-bond acceptors (Lipinski definition) is 3. The summed E-state index contributed by atoms with van der Waals surface area (Å²) in [7, 11) is -0.455. The number of pyridine rings is 1. The van der Waals surface area contributed by atoms with Crippen molar-refractivity contribution in [1.29, 1.82) is 0 Å². The first-order valence-electron chi connectivity index (χ1n) is 6.38. The molecule has 0 saturated carbocycles. The van der Waals surface area contributed by atoms with E-state index in [9.17, 15) is 0 Å². The third-order valence-corrected chi connectivity index (χ3v) is 4.12. The van der Waals surface area contributed by atoms with Gasteiger partial charge in [-0.25, -0.2) is 0 Å². The zero-order chi connectivity index (χ0) is 14.3. The summed E-state index contributed by atoms with van der Waals surface area (Å²) in [6.45, 7) is 11.8. The molecule has 2 rings (SSSR count). The van der Waals surface area contributed by atoms with Crippen LogP contribution < -0.4 is 5.46 Å². The second-order valence-electron chi connectivity index (χ2n) is 5.78. The van der Waals surface area contributed by atoms with Gasteiger partial charge in [-0.3, -0.25) is 4.98 Å². The highest BCUT2D eigenvalue weighted by Crippen LogP contribution is 2.36. The van der Waals surface area contributed by atoms with Crippen LogP contribution in [-0.2, 0) is 15.7 Å². The predicted octanol–water partition coefficient (Wildman–Crippen LogP) is 2.76. The zero-order valence-corrected chi connectivity index (χ0v) is 12.6. The first kappa shape index (κ1) is 14.6. The molecule has 0 aromatic carbocycles. The summed E-state index contributed by atoms with van der Waals surface area (Å²) < 4.78 is 12.0. The zero-order valence-electron chi connectivity index (χ0n) is 11.9. The standard InChI is InChI=1S/C14H19BClNO2/c1-6-7-10-8-11(12(16)9-17-10)15-18-13(2,3)14(4,5)19-15/h6,8-9H,1,7H2,2-5H3. The van der Waals surface area contributed by atoms with Crippen molar-refractivity contribution < 1.29 is 9.31 Å². The molecule has 1 aromatic heterocycles. The molecule has 0 amide bonds. The highest BCUT2D eigenvalue weighted by Gasteiger charge is 2.52. The maximum atomic E-state index is 6.21. The Morgan fingerprint density at radius 1 is 1.32 bits per heavy atom. The van der Waals surface area contributed by atoms with Crippen molar-refractivity contribution in [3.05, 3.63) is 35.6 Å². The van der Waals surface area contributed by atoms with E-state index in [2.05, 4.69) is 11.6 Å². The summed E-state index contributed by atoms with van der Waals surface area (Å²) in [5, 5.41) is 0.561. The lowest BCUT2D eigenvalue weighted by Crippen LogP contribution is -2.41. The molecule has 5 heteroatoms. The molecule has 0 aliphatic carbocycles. The van der Waals surface area contributed by atoms with Crippen molar-refractivity contribution in [2.45, 2.75) is 45.3 Å². The van der Waals surface area contributed by atoms with Crippen LogP contribution in [0, 0.1) is 0 Å². The lowest BCUT2D eigenvalue weighted by atomic mass is 9.79. The normalized spacial score (nSPS) is 20.6. The summed E-state index contributed by atoms with van der Waals surface area (Å²) >= 11 is 6.21. The van der Waals surface area contributed by atoms with Gasteiger partial charge < -0.3 is 9.31 Å². The van der Waals surface area contributed by atoms with E-state index in [4.69, 9.17) is 20.9 Å². The highest BCUT2D eigenvalue weighted by atomic mass is 35.5. The summed E-state index contributed by atoms with van der Waals surface area (Å²) in [6.07, 6.45) is 4.15. The number of rotatable bonds is 3. The van der Waals surface area contributed by atoms with E-state index in [-0.39, 0.29) is 11.2 Å². The largest absolute Gasteiger partial charge is 0.496 e. The van der Waals surface area contributed by atoms with Crippen molar-refractivity contribution in [3.63, 3.8) is 0 Å². The van der Waals surface area contributed by atoms with Crippen LogP contribution in [0.3, 0.4) is 0 Å². The van der Waals surface area contributed by atoms with E-state index in [1.165, 1.54) is 0 Å². The molecule has 0 radical (unpaired) electrons. The number of aromatic nitrogens is 1. The number of nitrogens with zero attached hydrogens (tertiary/aromatic N) is 1. The molecule has 102 valence electrons. The quantitative estimate of drug-likeness (QED) is 0.630. The van der Waals surface area contributed by atoms with Crippen molar-refractivity contribution in [1.82, 2.24) is 4.98 Å². The average molecular weight is 280 g/mol. The van der Waals surface area contributed by atoms with Crippen LogP contribution in [0.25, 0.3) is 0 Å². The van der Waals surface area contributed by atoms with Crippen molar-refractivity contribution in [2.24, 2.45) is 0 Å². The molecule has 3 nitrogen and oxygen atoms in total. The molecule has 1 fully saturated rings. The lowest BCUT2D eigenvalue weighted by molar-refractivity contribution is 0.00578. The lowest BCUT2D eigenvalue weighted by Gasteiger charge is -2.32. The fraction of sp³-hybridized carbons (Fsp3) is 0.500. The molecule has 19 heavy (non-hydrogen) atoms. The molecule has 1 saturated heterocycles.